The van der Waals surface area contributed by atoms with E-state index in [1.807, 2.05) is 0 Å². The summed E-state index contributed by atoms with van der Waals surface area (Å²) in [6.45, 7) is 8.42. The Kier molecular flexibility index (Phi) is 5.97. The largest absolute Gasteiger partial charge is 0.315 e. The van der Waals surface area contributed by atoms with Crippen molar-refractivity contribution in [2.75, 3.05) is 19.6 Å². The van der Waals surface area contributed by atoms with Crippen LogP contribution >= 0.6 is 0 Å². The molecule has 1 aliphatic carbocycles. The summed E-state index contributed by atoms with van der Waals surface area (Å²) in [7, 11) is 0. The van der Waals surface area contributed by atoms with Crippen molar-refractivity contribution in [3.63, 3.8) is 0 Å². The van der Waals surface area contributed by atoms with Gasteiger partial charge in [0, 0.05) is 18.6 Å². The van der Waals surface area contributed by atoms with E-state index in [1.165, 1.54) is 71.0 Å². The minimum Gasteiger partial charge on any atom is -0.315 e. The van der Waals surface area contributed by atoms with Crippen LogP contribution in [0.3, 0.4) is 0 Å². The Morgan fingerprint density at radius 1 is 1.17 bits per heavy atom. The van der Waals surface area contributed by atoms with E-state index >= 15 is 0 Å². The van der Waals surface area contributed by atoms with Gasteiger partial charge in [-0.2, -0.15) is 0 Å². The second-order valence-electron chi connectivity index (χ2n) is 6.40. The van der Waals surface area contributed by atoms with Gasteiger partial charge < -0.3 is 5.32 Å². The first-order valence-electron chi connectivity index (χ1n) is 8.29. The molecule has 2 heteroatoms. The molecule has 0 aromatic carbocycles. The van der Waals surface area contributed by atoms with E-state index in [0.717, 1.165) is 18.0 Å². The SMILES string of the molecule is CCCCNCC(C)N1CCCC2CCCCC21. The second-order valence-corrected chi connectivity index (χ2v) is 6.40. The number of rotatable bonds is 6. The zero-order valence-electron chi connectivity index (χ0n) is 12.5. The first-order valence-corrected chi connectivity index (χ1v) is 8.29. The minimum atomic E-state index is 0.729. The summed E-state index contributed by atoms with van der Waals surface area (Å²) in [6, 6.07) is 1.64. The maximum atomic E-state index is 3.64. The summed E-state index contributed by atoms with van der Waals surface area (Å²) >= 11 is 0. The maximum Gasteiger partial charge on any atom is 0.0195 e. The Morgan fingerprint density at radius 2 is 1.94 bits per heavy atom. The molecule has 2 nitrogen and oxygen atoms in total. The Hall–Kier alpha value is -0.0800. The van der Waals surface area contributed by atoms with Gasteiger partial charge in [0.2, 0.25) is 0 Å². The molecule has 1 aliphatic heterocycles. The van der Waals surface area contributed by atoms with Gasteiger partial charge in [0.1, 0.15) is 0 Å². The minimum absolute atomic E-state index is 0.729. The van der Waals surface area contributed by atoms with Crippen molar-refractivity contribution in [3.8, 4) is 0 Å². The van der Waals surface area contributed by atoms with Gasteiger partial charge in [0.15, 0.2) is 0 Å². The fourth-order valence-electron chi connectivity index (χ4n) is 3.94. The lowest BCUT2D eigenvalue weighted by molar-refractivity contribution is 0.0315. The molecule has 2 aliphatic rings. The van der Waals surface area contributed by atoms with Gasteiger partial charge >= 0.3 is 0 Å². The van der Waals surface area contributed by atoms with Crippen molar-refractivity contribution < 1.29 is 0 Å². The van der Waals surface area contributed by atoms with E-state index in [9.17, 15) is 0 Å². The first-order chi connectivity index (χ1) is 8.83. The average Bonchev–Trinajstić information content (AvgIpc) is 2.43. The molecule has 0 amide bonds. The number of likely N-dealkylation sites (tertiary alicyclic amines) is 1. The highest BCUT2D eigenvalue weighted by molar-refractivity contribution is 4.89. The molecule has 1 saturated carbocycles. The number of hydrogen-bond donors (Lipinski definition) is 1. The second kappa shape index (κ2) is 7.49. The van der Waals surface area contributed by atoms with E-state index in [0.29, 0.717) is 0 Å². The van der Waals surface area contributed by atoms with E-state index in [4.69, 9.17) is 0 Å². The third-order valence-corrected chi connectivity index (χ3v) is 5.00. The van der Waals surface area contributed by atoms with Crippen molar-refractivity contribution in [2.24, 2.45) is 5.92 Å². The number of hydrogen-bond acceptors (Lipinski definition) is 2. The highest BCUT2D eigenvalue weighted by Crippen LogP contribution is 2.36. The Morgan fingerprint density at radius 3 is 2.78 bits per heavy atom. The zero-order valence-corrected chi connectivity index (χ0v) is 12.5. The number of nitrogens with one attached hydrogen (secondary N) is 1. The van der Waals surface area contributed by atoms with Crippen molar-refractivity contribution >= 4 is 0 Å². The molecule has 0 aromatic heterocycles. The summed E-state index contributed by atoms with van der Waals surface area (Å²) in [4.78, 5) is 2.83. The lowest BCUT2D eigenvalue weighted by Gasteiger charge is -2.47. The van der Waals surface area contributed by atoms with Crippen LogP contribution in [0.5, 0.6) is 0 Å². The summed E-state index contributed by atoms with van der Waals surface area (Å²) in [5, 5.41) is 3.64. The molecule has 0 radical (unpaired) electrons. The van der Waals surface area contributed by atoms with Crippen LogP contribution in [0.4, 0.5) is 0 Å². The average molecular weight is 252 g/mol. The highest BCUT2D eigenvalue weighted by Gasteiger charge is 2.34. The van der Waals surface area contributed by atoms with Crippen LogP contribution in [0.25, 0.3) is 0 Å². The molecule has 1 N–H and O–H groups in total. The molecular weight excluding hydrogens is 220 g/mol. The molecule has 0 spiro atoms. The highest BCUT2D eigenvalue weighted by atomic mass is 15.2. The van der Waals surface area contributed by atoms with Gasteiger partial charge in [-0.25, -0.2) is 0 Å². The van der Waals surface area contributed by atoms with Gasteiger partial charge in [-0.15, -0.1) is 0 Å². The third-order valence-electron chi connectivity index (χ3n) is 5.00. The molecule has 1 saturated heterocycles. The van der Waals surface area contributed by atoms with Gasteiger partial charge in [-0.3, -0.25) is 4.90 Å². The first kappa shape index (κ1) is 14.3. The van der Waals surface area contributed by atoms with E-state index in [1.54, 1.807) is 0 Å². The fraction of sp³-hybridized carbons (Fsp3) is 1.00. The Balaban J connectivity index is 1.78. The van der Waals surface area contributed by atoms with E-state index in [2.05, 4.69) is 24.1 Å². The van der Waals surface area contributed by atoms with Crippen LogP contribution in [-0.4, -0.2) is 36.6 Å². The molecule has 2 rings (SSSR count). The predicted octanol–water partition coefficient (Wildman–Crippen LogP) is 3.42. The number of unbranched alkanes of at least 4 members (excludes halogenated alkanes) is 1. The monoisotopic (exact) mass is 252 g/mol. The number of fused-ring (bicyclic) bond motifs is 1. The van der Waals surface area contributed by atoms with E-state index < -0.39 is 0 Å². The van der Waals surface area contributed by atoms with Crippen molar-refractivity contribution in [1.29, 1.82) is 0 Å². The summed E-state index contributed by atoms with van der Waals surface area (Å²) in [5.74, 6) is 1.02. The van der Waals surface area contributed by atoms with Crippen molar-refractivity contribution in [1.82, 2.24) is 10.2 Å². The molecule has 0 bridgehead atoms. The van der Waals surface area contributed by atoms with E-state index in [-0.39, 0.29) is 0 Å². The van der Waals surface area contributed by atoms with Gasteiger partial charge in [0.25, 0.3) is 0 Å². The molecule has 2 fully saturated rings. The number of nitrogens with zero attached hydrogens (tertiary/aromatic N) is 1. The Labute approximate surface area is 114 Å². The molecular formula is C16H32N2. The molecule has 3 unspecified atom stereocenters. The summed E-state index contributed by atoms with van der Waals surface area (Å²) in [5.41, 5.74) is 0. The lowest BCUT2D eigenvalue weighted by Crippen LogP contribution is -2.53. The maximum absolute atomic E-state index is 3.64. The molecule has 106 valence electrons. The smallest absolute Gasteiger partial charge is 0.0195 e. The van der Waals surface area contributed by atoms with Crippen LogP contribution in [0.2, 0.25) is 0 Å². The third kappa shape index (κ3) is 3.71. The quantitative estimate of drug-likeness (QED) is 0.729. The number of piperidine rings is 1. The lowest BCUT2D eigenvalue weighted by atomic mass is 9.78. The van der Waals surface area contributed by atoms with Gasteiger partial charge in [-0.05, 0) is 58.0 Å². The van der Waals surface area contributed by atoms with Crippen LogP contribution in [0.1, 0.15) is 65.2 Å². The van der Waals surface area contributed by atoms with Crippen LogP contribution in [0.15, 0.2) is 0 Å². The summed E-state index contributed by atoms with van der Waals surface area (Å²) < 4.78 is 0. The van der Waals surface area contributed by atoms with Crippen LogP contribution < -0.4 is 5.32 Å². The topological polar surface area (TPSA) is 15.3 Å². The van der Waals surface area contributed by atoms with Crippen molar-refractivity contribution in [2.45, 2.75) is 77.3 Å². The fourth-order valence-corrected chi connectivity index (χ4v) is 3.94. The summed E-state index contributed by atoms with van der Waals surface area (Å²) in [6.07, 6.45) is 11.5. The predicted molar refractivity (Wildman–Crippen MR) is 78.9 cm³/mol. The van der Waals surface area contributed by atoms with Gasteiger partial charge in [-0.1, -0.05) is 26.2 Å². The molecule has 1 heterocycles. The zero-order chi connectivity index (χ0) is 12.8. The molecule has 3 atom stereocenters. The standard InChI is InChI=1S/C16H32N2/c1-3-4-11-17-13-14(2)18-12-7-9-15-8-5-6-10-16(15)18/h14-17H,3-13H2,1-2H3. The Bertz CT molecular complexity index is 227. The molecule has 0 aromatic rings. The van der Waals surface area contributed by atoms with Crippen LogP contribution in [0, 0.1) is 5.92 Å². The van der Waals surface area contributed by atoms with Crippen molar-refractivity contribution in [3.05, 3.63) is 0 Å². The normalized spacial score (nSPS) is 31.0. The molecule has 18 heavy (non-hydrogen) atoms. The van der Waals surface area contributed by atoms with Gasteiger partial charge in [0.05, 0.1) is 0 Å². The van der Waals surface area contributed by atoms with Crippen LogP contribution in [-0.2, 0) is 0 Å².